The summed E-state index contributed by atoms with van der Waals surface area (Å²) in [7, 11) is 0. The maximum absolute atomic E-state index is 3.22. The van der Waals surface area contributed by atoms with Gasteiger partial charge in [0.25, 0.3) is 0 Å². The third kappa shape index (κ3) is 0.487. The van der Waals surface area contributed by atoms with E-state index in [-0.39, 0.29) is 0 Å². The molecule has 0 spiro atoms. The van der Waals surface area contributed by atoms with E-state index >= 15 is 0 Å². The van der Waals surface area contributed by atoms with Crippen LogP contribution < -0.4 is 10.6 Å². The summed E-state index contributed by atoms with van der Waals surface area (Å²) in [5.41, 5.74) is 2.62. The van der Waals surface area contributed by atoms with Gasteiger partial charge >= 0.3 is 53.1 Å². The normalized spacial score (nSPS) is 14.5. The quantitative estimate of drug-likeness (QED) is 0.559. The van der Waals surface area contributed by atoms with E-state index in [0.29, 0.717) is 14.5 Å². The zero-order valence-electron chi connectivity index (χ0n) is 4.27. The Kier molecular flexibility index (Phi) is 0.860. The van der Waals surface area contributed by atoms with Crippen LogP contribution in [0.3, 0.4) is 0 Å². The molecule has 0 fully saturated rings. The predicted octanol–water partition coefficient (Wildman–Crippen LogP) is 0.538. The van der Waals surface area contributed by atoms with Crippen LogP contribution >= 0.6 is 0 Å². The molecule has 0 aromatic carbocycles. The average molecular weight is 173 g/mol. The van der Waals surface area contributed by atoms with E-state index in [1.807, 2.05) is 0 Å². The van der Waals surface area contributed by atoms with Crippen LogP contribution in [0.1, 0.15) is 0 Å². The van der Waals surface area contributed by atoms with Crippen molar-refractivity contribution in [3.8, 4) is 0 Å². The van der Waals surface area contributed by atoms with E-state index in [4.69, 9.17) is 0 Å². The van der Waals surface area contributed by atoms with Crippen molar-refractivity contribution in [3.63, 3.8) is 0 Å². The summed E-state index contributed by atoms with van der Waals surface area (Å²) in [4.78, 5) is 4.50. The molecule has 1 aliphatic rings. The molecule has 0 radical (unpaired) electrons. The molecule has 0 atom stereocenters. The van der Waals surface area contributed by atoms with Gasteiger partial charge in [0, 0.05) is 0 Å². The molecule has 2 rings (SSSR count). The molecule has 2 N–H and O–H groups in total. The predicted molar refractivity (Wildman–Crippen MR) is 35.5 cm³/mol. The van der Waals surface area contributed by atoms with E-state index < -0.39 is 0 Å². The summed E-state index contributed by atoms with van der Waals surface area (Å²) in [5, 5.41) is 6.43. The van der Waals surface area contributed by atoms with Gasteiger partial charge in [-0.1, -0.05) is 0 Å². The van der Waals surface area contributed by atoms with Gasteiger partial charge in [0.1, 0.15) is 0 Å². The SMILES string of the molecule is c1[se]cc2c1NCN2. The van der Waals surface area contributed by atoms with Gasteiger partial charge in [-0.05, 0) is 0 Å². The van der Waals surface area contributed by atoms with Crippen molar-refractivity contribution in [2.75, 3.05) is 17.3 Å². The molecule has 0 unspecified atom stereocenters. The number of nitrogens with one attached hydrogen (secondary N) is 2. The Morgan fingerprint density at radius 3 is 2.50 bits per heavy atom. The first-order valence-corrected chi connectivity index (χ1v) is 4.48. The van der Waals surface area contributed by atoms with Gasteiger partial charge in [0.15, 0.2) is 0 Å². The van der Waals surface area contributed by atoms with Crippen molar-refractivity contribution in [2.45, 2.75) is 0 Å². The molecular formula is C5H6N2Se. The second kappa shape index (κ2) is 1.54. The fraction of sp³-hybridized carbons (Fsp3) is 0.200. The number of hydrogen-bond donors (Lipinski definition) is 2. The Hall–Kier alpha value is -0.401. The molecule has 0 bridgehead atoms. The second-order valence-corrected chi connectivity index (χ2v) is 3.29. The van der Waals surface area contributed by atoms with Crippen molar-refractivity contribution in [1.29, 1.82) is 0 Å². The van der Waals surface area contributed by atoms with Gasteiger partial charge in [-0.15, -0.1) is 0 Å². The topological polar surface area (TPSA) is 24.1 Å². The second-order valence-electron chi connectivity index (χ2n) is 1.73. The third-order valence-corrected chi connectivity index (χ3v) is 2.78. The molecule has 0 saturated heterocycles. The van der Waals surface area contributed by atoms with Gasteiger partial charge in [-0.25, -0.2) is 0 Å². The van der Waals surface area contributed by atoms with Gasteiger partial charge < -0.3 is 0 Å². The molecule has 2 nitrogen and oxygen atoms in total. The molecule has 0 aliphatic carbocycles. The standard InChI is InChI=1S/C5H6N2Se/c1-4-5(2-8-1)7-3-6-4/h1-2,6-7H,3H2. The van der Waals surface area contributed by atoms with Crippen LogP contribution in [-0.4, -0.2) is 21.2 Å². The summed E-state index contributed by atoms with van der Waals surface area (Å²) in [6.45, 7) is 0.910. The Morgan fingerprint density at radius 2 is 1.88 bits per heavy atom. The molecule has 2 heterocycles. The fourth-order valence-electron chi connectivity index (χ4n) is 0.805. The van der Waals surface area contributed by atoms with Crippen LogP contribution in [0, 0.1) is 0 Å². The zero-order chi connectivity index (χ0) is 5.40. The van der Waals surface area contributed by atoms with Gasteiger partial charge in [0.2, 0.25) is 0 Å². The maximum atomic E-state index is 3.22. The molecule has 3 heteroatoms. The first-order chi connectivity index (χ1) is 3.97. The summed E-state index contributed by atoms with van der Waals surface area (Å²) in [6.07, 6.45) is 0. The number of rotatable bonds is 0. The van der Waals surface area contributed by atoms with Crippen molar-refractivity contribution in [3.05, 3.63) is 9.88 Å². The molecule has 0 saturated carbocycles. The fourth-order valence-corrected chi connectivity index (χ4v) is 2.40. The summed E-state index contributed by atoms with van der Waals surface area (Å²) < 4.78 is 0. The van der Waals surface area contributed by atoms with Crippen molar-refractivity contribution in [1.82, 2.24) is 0 Å². The summed E-state index contributed by atoms with van der Waals surface area (Å²) in [5.74, 6) is 0. The Balaban J connectivity index is 2.54. The van der Waals surface area contributed by atoms with E-state index in [0.717, 1.165) is 6.67 Å². The molecule has 8 heavy (non-hydrogen) atoms. The van der Waals surface area contributed by atoms with Gasteiger partial charge in [-0.3, -0.25) is 0 Å². The van der Waals surface area contributed by atoms with Crippen LogP contribution in [0.5, 0.6) is 0 Å². The van der Waals surface area contributed by atoms with Crippen LogP contribution in [0.2, 0.25) is 0 Å². The van der Waals surface area contributed by atoms with Crippen LogP contribution in [0.25, 0.3) is 0 Å². The van der Waals surface area contributed by atoms with Gasteiger partial charge in [0.05, 0.1) is 0 Å². The molecule has 1 aromatic rings. The number of anilines is 2. The Bertz CT molecular complexity index is 176. The Labute approximate surface area is 53.6 Å². The van der Waals surface area contributed by atoms with E-state index in [1.54, 1.807) is 0 Å². The summed E-state index contributed by atoms with van der Waals surface area (Å²) in [6, 6.07) is 0. The minimum absolute atomic E-state index is 0.616. The Morgan fingerprint density at radius 1 is 1.25 bits per heavy atom. The van der Waals surface area contributed by atoms with E-state index in [9.17, 15) is 0 Å². The molecule has 0 amide bonds. The monoisotopic (exact) mass is 174 g/mol. The van der Waals surface area contributed by atoms with E-state index in [2.05, 4.69) is 20.5 Å². The minimum atomic E-state index is 0.616. The van der Waals surface area contributed by atoms with Crippen LogP contribution in [0.4, 0.5) is 11.4 Å². The first-order valence-electron chi connectivity index (χ1n) is 2.51. The molecule has 42 valence electrons. The third-order valence-electron chi connectivity index (χ3n) is 1.22. The average Bonchev–Trinajstić information content (AvgIpc) is 2.15. The van der Waals surface area contributed by atoms with Crippen molar-refractivity contribution < 1.29 is 0 Å². The molecular weight excluding hydrogens is 167 g/mol. The number of fused-ring (bicyclic) bond motifs is 1. The van der Waals surface area contributed by atoms with Crippen molar-refractivity contribution >= 4 is 25.9 Å². The molecule has 1 aromatic heterocycles. The number of hydrogen-bond acceptors (Lipinski definition) is 2. The van der Waals surface area contributed by atoms with Crippen molar-refractivity contribution in [2.24, 2.45) is 0 Å². The molecule has 1 aliphatic heterocycles. The van der Waals surface area contributed by atoms with E-state index in [1.165, 1.54) is 11.4 Å². The first kappa shape index (κ1) is 4.48. The summed E-state index contributed by atoms with van der Waals surface area (Å²) >= 11 is 0.616. The van der Waals surface area contributed by atoms with Gasteiger partial charge in [-0.2, -0.15) is 0 Å². The van der Waals surface area contributed by atoms with Crippen LogP contribution in [0.15, 0.2) is 9.88 Å². The zero-order valence-corrected chi connectivity index (χ0v) is 5.98. The van der Waals surface area contributed by atoms with Crippen LogP contribution in [-0.2, 0) is 0 Å².